The van der Waals surface area contributed by atoms with Crippen molar-refractivity contribution in [2.24, 2.45) is 10.9 Å². The van der Waals surface area contributed by atoms with Gasteiger partial charge in [0.1, 0.15) is 11.9 Å². The van der Waals surface area contributed by atoms with Gasteiger partial charge >= 0.3 is 5.97 Å². The molecule has 2 heterocycles. The number of carboxylic acid groups (broad SMARTS) is 1. The van der Waals surface area contributed by atoms with Crippen molar-refractivity contribution in [2.75, 3.05) is 5.75 Å². The summed E-state index contributed by atoms with van der Waals surface area (Å²) in [5.74, 6) is -1.32. The highest BCUT2D eigenvalue weighted by molar-refractivity contribution is 7.89. The minimum atomic E-state index is -3.33. The maximum Gasteiger partial charge on any atom is 0.335 e. The van der Waals surface area contributed by atoms with Crippen molar-refractivity contribution >= 4 is 44.8 Å². The number of rotatable bonds is 8. The van der Waals surface area contributed by atoms with Crippen LogP contribution in [0.4, 0.5) is 4.39 Å². The van der Waals surface area contributed by atoms with Gasteiger partial charge < -0.3 is 10.4 Å². The normalized spacial score (nSPS) is 23.1. The maximum absolute atomic E-state index is 13.7. The number of thiazole rings is 1. The zero-order valence-corrected chi connectivity index (χ0v) is 21.4. The Kier molecular flexibility index (Phi) is 7.89. The first-order valence-corrected chi connectivity index (χ1v) is 14.3. The van der Waals surface area contributed by atoms with Crippen LogP contribution >= 0.6 is 22.9 Å². The van der Waals surface area contributed by atoms with E-state index in [0.29, 0.717) is 54.2 Å². The van der Waals surface area contributed by atoms with Crippen LogP contribution in [0.15, 0.2) is 46.0 Å². The van der Waals surface area contributed by atoms with E-state index < -0.39 is 27.9 Å². The molecule has 1 saturated carbocycles. The molecule has 8 nitrogen and oxygen atoms in total. The molecule has 1 atom stereocenters. The van der Waals surface area contributed by atoms with E-state index in [1.54, 1.807) is 11.6 Å². The number of allylic oxidation sites excluding steroid dienone is 1. The molecule has 0 amide bonds. The minimum absolute atomic E-state index is 0.0498. The van der Waals surface area contributed by atoms with Gasteiger partial charge in [0, 0.05) is 33.9 Å². The summed E-state index contributed by atoms with van der Waals surface area (Å²) in [6.07, 6.45) is 4.51. The van der Waals surface area contributed by atoms with E-state index in [4.69, 9.17) is 11.6 Å². The lowest BCUT2D eigenvalue weighted by atomic mass is 9.80. The SMILES string of the molecule is CCCS(=O)(=O)NC1CCC(C2=C(C(=O)O)C(c3ccc(F)cc3Cl)N=C(c3nccs3)N2)CC1. The fourth-order valence-electron chi connectivity index (χ4n) is 4.60. The van der Waals surface area contributed by atoms with E-state index in [0.717, 1.165) is 6.07 Å². The Morgan fingerprint density at radius 2 is 2.06 bits per heavy atom. The van der Waals surface area contributed by atoms with Crippen molar-refractivity contribution in [3.63, 3.8) is 0 Å². The quantitative estimate of drug-likeness (QED) is 0.460. The molecule has 2 aromatic rings. The molecule has 0 radical (unpaired) electrons. The molecule has 0 bridgehead atoms. The molecule has 12 heteroatoms. The van der Waals surface area contributed by atoms with Crippen molar-refractivity contribution in [1.29, 1.82) is 0 Å². The number of aliphatic carboxylic acids is 1. The Morgan fingerprint density at radius 3 is 2.66 bits per heavy atom. The lowest BCUT2D eigenvalue weighted by Gasteiger charge is -2.35. The topological polar surface area (TPSA) is 121 Å². The van der Waals surface area contributed by atoms with Crippen LogP contribution in [-0.4, -0.2) is 42.1 Å². The van der Waals surface area contributed by atoms with Crippen LogP contribution in [0.1, 0.15) is 55.6 Å². The van der Waals surface area contributed by atoms with E-state index in [1.165, 1.54) is 23.5 Å². The Balaban J connectivity index is 1.68. The van der Waals surface area contributed by atoms with Gasteiger partial charge in [0.25, 0.3) is 0 Å². The number of carboxylic acids is 1. The van der Waals surface area contributed by atoms with Gasteiger partial charge in [-0.25, -0.2) is 27.3 Å². The maximum atomic E-state index is 13.7. The van der Waals surface area contributed by atoms with E-state index in [1.807, 2.05) is 6.92 Å². The van der Waals surface area contributed by atoms with Crippen LogP contribution in [-0.2, 0) is 14.8 Å². The fourth-order valence-corrected chi connectivity index (χ4v) is 6.86. The Hall–Kier alpha value is -2.34. The van der Waals surface area contributed by atoms with Crippen LogP contribution in [0.3, 0.4) is 0 Å². The second-order valence-electron chi connectivity index (χ2n) is 8.63. The number of nitrogens with zero attached hydrogens (tertiary/aromatic N) is 2. The van der Waals surface area contributed by atoms with Gasteiger partial charge in [0.05, 0.1) is 11.3 Å². The first kappa shape index (κ1) is 25.7. The molecule has 4 rings (SSSR count). The van der Waals surface area contributed by atoms with Crippen molar-refractivity contribution in [3.8, 4) is 0 Å². The molecule has 1 aliphatic carbocycles. The number of benzene rings is 1. The highest BCUT2D eigenvalue weighted by atomic mass is 35.5. The summed E-state index contributed by atoms with van der Waals surface area (Å²) in [6.45, 7) is 1.82. The van der Waals surface area contributed by atoms with Crippen LogP contribution in [0.2, 0.25) is 5.02 Å². The molecule has 0 spiro atoms. The van der Waals surface area contributed by atoms with E-state index in [2.05, 4.69) is 20.0 Å². The summed E-state index contributed by atoms with van der Waals surface area (Å²) in [7, 11) is -3.33. The third kappa shape index (κ3) is 5.91. The van der Waals surface area contributed by atoms with Crippen LogP contribution < -0.4 is 10.0 Å². The van der Waals surface area contributed by atoms with Crippen molar-refractivity contribution in [1.82, 2.24) is 15.0 Å². The smallest absolute Gasteiger partial charge is 0.335 e. The van der Waals surface area contributed by atoms with Crippen molar-refractivity contribution < 1.29 is 22.7 Å². The predicted molar refractivity (Wildman–Crippen MR) is 134 cm³/mol. The van der Waals surface area contributed by atoms with Crippen molar-refractivity contribution in [2.45, 2.75) is 51.1 Å². The van der Waals surface area contributed by atoms with E-state index in [-0.39, 0.29) is 28.3 Å². The molecule has 188 valence electrons. The lowest BCUT2D eigenvalue weighted by molar-refractivity contribution is -0.133. The second kappa shape index (κ2) is 10.7. The Labute approximate surface area is 212 Å². The summed E-state index contributed by atoms with van der Waals surface area (Å²) in [6, 6.07) is 2.70. The second-order valence-corrected chi connectivity index (χ2v) is 11.8. The number of aliphatic imine (C=N–C) groups is 1. The molecule has 1 aliphatic heterocycles. The molecule has 2 aliphatic rings. The zero-order valence-electron chi connectivity index (χ0n) is 19.0. The number of aromatic nitrogens is 1. The average Bonchev–Trinajstić information content (AvgIpc) is 3.33. The van der Waals surface area contributed by atoms with Gasteiger partial charge in [-0.1, -0.05) is 24.6 Å². The molecular formula is C23H26ClFN4O4S2. The standard InChI is InChI=1S/C23H26ClFN4O4S2/c1-2-11-35(32,33)29-15-6-3-13(4-7-15)19-18(23(30)31)20(16-8-5-14(25)12-17(16)24)28-21(27-19)22-26-9-10-34-22/h5,8-10,12-13,15,20,29H,2-4,6-7,11H2,1H3,(H,27,28)(H,30,31). The third-order valence-corrected chi connectivity index (χ3v) is 8.90. The number of hydrogen-bond donors (Lipinski definition) is 3. The number of carbonyl (C=O) groups is 1. The van der Waals surface area contributed by atoms with Crippen LogP contribution in [0, 0.1) is 11.7 Å². The van der Waals surface area contributed by atoms with E-state index >= 15 is 0 Å². The Bertz CT molecular complexity index is 1260. The summed E-state index contributed by atoms with van der Waals surface area (Å²) < 4.78 is 40.9. The van der Waals surface area contributed by atoms with Gasteiger partial charge in [-0.2, -0.15) is 0 Å². The molecule has 3 N–H and O–H groups in total. The number of amidine groups is 1. The molecule has 1 aromatic heterocycles. The zero-order chi connectivity index (χ0) is 25.2. The average molecular weight is 541 g/mol. The monoisotopic (exact) mass is 540 g/mol. The van der Waals surface area contributed by atoms with Gasteiger partial charge in [0.2, 0.25) is 10.0 Å². The highest BCUT2D eigenvalue weighted by Crippen LogP contribution is 2.40. The third-order valence-electron chi connectivity index (χ3n) is 6.15. The van der Waals surface area contributed by atoms with Crippen LogP contribution in [0.5, 0.6) is 0 Å². The minimum Gasteiger partial charge on any atom is -0.478 e. The predicted octanol–water partition coefficient (Wildman–Crippen LogP) is 4.25. The molecule has 35 heavy (non-hydrogen) atoms. The fraction of sp³-hybridized carbons (Fsp3) is 0.435. The first-order valence-electron chi connectivity index (χ1n) is 11.4. The summed E-state index contributed by atoms with van der Waals surface area (Å²) in [5.41, 5.74) is 0.950. The lowest BCUT2D eigenvalue weighted by Crippen LogP contribution is -2.41. The number of nitrogens with one attached hydrogen (secondary N) is 2. The molecular weight excluding hydrogens is 515 g/mol. The molecule has 1 fully saturated rings. The van der Waals surface area contributed by atoms with Gasteiger partial charge in [-0.15, -0.1) is 11.3 Å². The van der Waals surface area contributed by atoms with Crippen molar-refractivity contribution in [3.05, 3.63) is 62.5 Å². The number of hydrogen-bond acceptors (Lipinski definition) is 7. The van der Waals surface area contributed by atoms with Gasteiger partial charge in [-0.05, 0) is 50.2 Å². The largest absolute Gasteiger partial charge is 0.478 e. The van der Waals surface area contributed by atoms with E-state index in [9.17, 15) is 22.7 Å². The summed E-state index contributed by atoms with van der Waals surface area (Å²) in [4.78, 5) is 21.4. The molecule has 1 unspecified atom stereocenters. The van der Waals surface area contributed by atoms with Gasteiger partial charge in [-0.3, -0.25) is 4.99 Å². The van der Waals surface area contributed by atoms with Gasteiger partial charge in [0.15, 0.2) is 10.8 Å². The first-order chi connectivity index (χ1) is 16.7. The number of sulfonamides is 1. The summed E-state index contributed by atoms with van der Waals surface area (Å²) in [5, 5.41) is 15.9. The van der Waals surface area contributed by atoms with Crippen LogP contribution in [0.25, 0.3) is 0 Å². The number of halogens is 2. The molecule has 1 aromatic carbocycles. The summed E-state index contributed by atoms with van der Waals surface area (Å²) >= 11 is 7.68. The highest BCUT2D eigenvalue weighted by Gasteiger charge is 2.37. The molecule has 0 saturated heterocycles. The Morgan fingerprint density at radius 1 is 1.31 bits per heavy atom.